The van der Waals surface area contributed by atoms with E-state index in [1.807, 2.05) is 6.08 Å². The summed E-state index contributed by atoms with van der Waals surface area (Å²) in [6.45, 7) is 6.31. The predicted molar refractivity (Wildman–Crippen MR) is 77.0 cm³/mol. The lowest BCUT2D eigenvalue weighted by molar-refractivity contribution is 0.341. The van der Waals surface area contributed by atoms with Crippen LogP contribution in [0.25, 0.3) is 0 Å². The van der Waals surface area contributed by atoms with Crippen molar-refractivity contribution in [3.05, 3.63) is 18.6 Å². The monoisotopic (exact) mass is 239 g/mol. The molecule has 0 aliphatic carbocycles. The van der Waals surface area contributed by atoms with E-state index in [1.165, 1.54) is 64.2 Å². The zero-order chi connectivity index (χ0) is 12.8. The molecule has 0 aliphatic rings. The Hall–Kier alpha value is -0.300. The van der Waals surface area contributed by atoms with Gasteiger partial charge in [0.25, 0.3) is 0 Å². The van der Waals surface area contributed by atoms with Crippen molar-refractivity contribution in [3.8, 4) is 0 Å². The standard InChI is InChI=1S/C16H31O/c1-3-4-5-6-7-8-9-10-11-12-13-16(2)14-15-17/h14,17H,2-13,15H2,1H3. The van der Waals surface area contributed by atoms with Crippen LogP contribution in [0.5, 0.6) is 0 Å². The van der Waals surface area contributed by atoms with E-state index in [9.17, 15) is 0 Å². The normalized spacial score (nSPS) is 12.1. The molecule has 0 unspecified atom stereocenters. The van der Waals surface area contributed by atoms with Crippen molar-refractivity contribution < 1.29 is 5.11 Å². The predicted octanol–water partition coefficient (Wildman–Crippen LogP) is 5.05. The highest BCUT2D eigenvalue weighted by Crippen LogP contribution is 2.13. The maximum Gasteiger partial charge on any atom is 0.0615 e. The summed E-state index contributed by atoms with van der Waals surface area (Å²) >= 11 is 0. The summed E-state index contributed by atoms with van der Waals surface area (Å²) in [6.07, 6.45) is 16.6. The van der Waals surface area contributed by atoms with Crippen LogP contribution in [0.1, 0.15) is 77.6 Å². The second-order valence-electron chi connectivity index (χ2n) is 4.98. The minimum atomic E-state index is 0.136. The van der Waals surface area contributed by atoms with Crippen molar-refractivity contribution in [2.45, 2.75) is 77.6 Å². The van der Waals surface area contributed by atoms with E-state index in [-0.39, 0.29) is 6.61 Å². The van der Waals surface area contributed by atoms with Crippen LogP contribution in [-0.4, -0.2) is 11.7 Å². The minimum Gasteiger partial charge on any atom is -0.392 e. The van der Waals surface area contributed by atoms with Crippen LogP contribution in [0.3, 0.4) is 0 Å². The largest absolute Gasteiger partial charge is 0.392 e. The number of aliphatic hydroxyl groups is 1. The minimum absolute atomic E-state index is 0.136. The SMILES string of the molecule is [CH2]C(=CCO)CCCCCCCCCCCC. The van der Waals surface area contributed by atoms with Gasteiger partial charge in [-0.2, -0.15) is 0 Å². The smallest absolute Gasteiger partial charge is 0.0615 e. The molecule has 1 nitrogen and oxygen atoms in total. The van der Waals surface area contributed by atoms with Gasteiger partial charge in [0.05, 0.1) is 6.61 Å². The summed E-state index contributed by atoms with van der Waals surface area (Å²) in [4.78, 5) is 0. The van der Waals surface area contributed by atoms with Gasteiger partial charge >= 0.3 is 0 Å². The number of rotatable bonds is 12. The molecule has 0 aliphatic heterocycles. The van der Waals surface area contributed by atoms with Crippen molar-refractivity contribution in [1.82, 2.24) is 0 Å². The zero-order valence-corrected chi connectivity index (χ0v) is 11.7. The Bertz CT molecular complexity index is 172. The van der Waals surface area contributed by atoms with Gasteiger partial charge in [0.15, 0.2) is 0 Å². The molecule has 0 fully saturated rings. The second-order valence-corrected chi connectivity index (χ2v) is 4.98. The van der Waals surface area contributed by atoms with E-state index in [0.29, 0.717) is 0 Å². The molecule has 1 heteroatoms. The molecule has 0 aromatic rings. The van der Waals surface area contributed by atoms with Crippen molar-refractivity contribution in [2.24, 2.45) is 0 Å². The van der Waals surface area contributed by atoms with Gasteiger partial charge in [-0.05, 0) is 19.8 Å². The summed E-state index contributed by atoms with van der Waals surface area (Å²) in [6, 6.07) is 0. The molecule has 0 saturated heterocycles. The fourth-order valence-corrected chi connectivity index (χ4v) is 2.07. The number of hydrogen-bond donors (Lipinski definition) is 1. The fourth-order valence-electron chi connectivity index (χ4n) is 2.07. The van der Waals surface area contributed by atoms with E-state index in [0.717, 1.165) is 12.0 Å². The first-order valence-electron chi connectivity index (χ1n) is 7.43. The molecule has 0 aromatic carbocycles. The molecule has 0 rings (SSSR count). The van der Waals surface area contributed by atoms with Gasteiger partial charge in [-0.25, -0.2) is 0 Å². The first-order chi connectivity index (χ1) is 8.31. The van der Waals surface area contributed by atoms with Gasteiger partial charge < -0.3 is 5.11 Å². The van der Waals surface area contributed by atoms with Gasteiger partial charge in [-0.3, -0.25) is 0 Å². The van der Waals surface area contributed by atoms with E-state index >= 15 is 0 Å². The number of unbranched alkanes of at least 4 members (excludes halogenated alkanes) is 9. The van der Waals surface area contributed by atoms with Crippen molar-refractivity contribution in [2.75, 3.05) is 6.61 Å². The highest BCUT2D eigenvalue weighted by Gasteiger charge is 1.93. The van der Waals surface area contributed by atoms with E-state index in [2.05, 4.69) is 13.8 Å². The van der Waals surface area contributed by atoms with Crippen molar-refractivity contribution in [1.29, 1.82) is 0 Å². The van der Waals surface area contributed by atoms with Crippen LogP contribution in [0.4, 0.5) is 0 Å². The van der Waals surface area contributed by atoms with Crippen LogP contribution in [0.2, 0.25) is 0 Å². The molecule has 0 spiro atoms. The number of aliphatic hydroxyl groups excluding tert-OH is 1. The third kappa shape index (κ3) is 13.6. The Morgan fingerprint density at radius 1 is 0.882 bits per heavy atom. The maximum absolute atomic E-state index is 8.68. The van der Waals surface area contributed by atoms with Crippen LogP contribution in [-0.2, 0) is 0 Å². The molecule has 0 aromatic heterocycles. The lowest BCUT2D eigenvalue weighted by atomic mass is 10.0. The summed E-state index contributed by atoms with van der Waals surface area (Å²) < 4.78 is 0. The Morgan fingerprint density at radius 3 is 1.82 bits per heavy atom. The summed E-state index contributed by atoms with van der Waals surface area (Å²) in [7, 11) is 0. The van der Waals surface area contributed by atoms with E-state index < -0.39 is 0 Å². The highest BCUT2D eigenvalue weighted by atomic mass is 16.2. The molecule has 0 amide bonds. The Kier molecular flexibility index (Phi) is 13.5. The van der Waals surface area contributed by atoms with Gasteiger partial charge in [-0.15, -0.1) is 0 Å². The average Bonchev–Trinajstić information content (AvgIpc) is 2.32. The zero-order valence-electron chi connectivity index (χ0n) is 11.7. The quantitative estimate of drug-likeness (QED) is 0.472. The molecule has 0 heterocycles. The fraction of sp³-hybridized carbons (Fsp3) is 0.812. The van der Waals surface area contributed by atoms with Gasteiger partial charge in [0, 0.05) is 0 Å². The first kappa shape index (κ1) is 16.7. The van der Waals surface area contributed by atoms with Crippen molar-refractivity contribution >= 4 is 0 Å². The van der Waals surface area contributed by atoms with Crippen LogP contribution < -0.4 is 0 Å². The molecule has 1 N–H and O–H groups in total. The lowest BCUT2D eigenvalue weighted by Crippen LogP contribution is -1.84. The first-order valence-corrected chi connectivity index (χ1v) is 7.43. The molecule has 0 bridgehead atoms. The summed E-state index contributed by atoms with van der Waals surface area (Å²) in [5.41, 5.74) is 1.09. The summed E-state index contributed by atoms with van der Waals surface area (Å²) in [5.74, 6) is 0. The van der Waals surface area contributed by atoms with Gasteiger partial charge in [-0.1, -0.05) is 76.4 Å². The Labute approximate surface area is 108 Å². The maximum atomic E-state index is 8.68. The van der Waals surface area contributed by atoms with E-state index in [1.54, 1.807) is 0 Å². The molecular formula is C16H31O. The highest BCUT2D eigenvalue weighted by molar-refractivity contribution is 5.04. The van der Waals surface area contributed by atoms with Gasteiger partial charge in [0.2, 0.25) is 0 Å². The third-order valence-electron chi connectivity index (χ3n) is 3.23. The van der Waals surface area contributed by atoms with Gasteiger partial charge in [0.1, 0.15) is 0 Å². The number of allylic oxidation sites excluding steroid dienone is 1. The topological polar surface area (TPSA) is 20.2 Å². The molecule has 17 heavy (non-hydrogen) atoms. The van der Waals surface area contributed by atoms with Crippen LogP contribution in [0.15, 0.2) is 11.6 Å². The third-order valence-corrected chi connectivity index (χ3v) is 3.23. The Morgan fingerprint density at radius 2 is 1.35 bits per heavy atom. The molecule has 0 atom stereocenters. The molecular weight excluding hydrogens is 208 g/mol. The summed E-state index contributed by atoms with van der Waals surface area (Å²) in [5, 5.41) is 8.68. The lowest BCUT2D eigenvalue weighted by Gasteiger charge is -2.02. The van der Waals surface area contributed by atoms with E-state index in [4.69, 9.17) is 5.11 Å². The Balaban J connectivity index is 3.06. The van der Waals surface area contributed by atoms with Crippen molar-refractivity contribution in [3.63, 3.8) is 0 Å². The number of hydrogen-bond acceptors (Lipinski definition) is 1. The average molecular weight is 239 g/mol. The van der Waals surface area contributed by atoms with Crippen LogP contribution >= 0.6 is 0 Å². The second kappa shape index (κ2) is 13.8. The van der Waals surface area contributed by atoms with Crippen LogP contribution in [0, 0.1) is 6.92 Å². The molecule has 101 valence electrons. The molecule has 1 radical (unpaired) electrons. The molecule has 0 saturated carbocycles.